The van der Waals surface area contributed by atoms with Crippen LogP contribution in [0.15, 0.2) is 91.0 Å². The second-order valence-corrected chi connectivity index (χ2v) is 25.8. The number of esters is 4. The van der Waals surface area contributed by atoms with Crippen molar-refractivity contribution in [2.45, 2.75) is 122 Å². The van der Waals surface area contributed by atoms with Crippen LogP contribution in [0.1, 0.15) is 172 Å². The standard InChI is InChI=1S/2C17H19NO4.C17H21NO2.C10H6ClNO4.C7H3Cl2NO3.C2H6O.2Na.O4S2/c2*1-2-10-22-17(19)15-9-8-14(16(12-15)18(20)21)11-13-6-4-3-5-7-13;1-2-10-20-17(19)15-9-8-14(16(18)12-15)11-13-6-4-3-5-7-13;1-2-5-16-10(13)7-3-4-8(11)9(6-7)12(14)15;8-5-2-1-4(7(9)11)3-6(5)10(12)13;1-2-3;;;1-5(2)6(3)4/h2*1,8-9,12-13H,3-7,10-11H2;1,8-9,12-13H,3-7,10-11,18H2;1,3-4,6H,5H2;1-3H;3H,2H2,1H3;;;. The molecular formula is C70H74Cl3N5Na2O22S2. The number of aliphatic hydroxyl groups is 1. The Hall–Kier alpha value is -8.24. The molecule has 0 heterocycles. The predicted molar refractivity (Wildman–Crippen MR) is 393 cm³/mol. The number of terminal acetylenes is 4. The van der Waals surface area contributed by atoms with Gasteiger partial charge in [-0.1, -0.05) is 161 Å². The van der Waals surface area contributed by atoms with Crippen molar-refractivity contribution in [3.05, 3.63) is 186 Å². The number of nitrogen functional groups attached to an aromatic ring is 1. The van der Waals surface area contributed by atoms with Crippen molar-refractivity contribution >= 4 is 155 Å². The fourth-order valence-corrected chi connectivity index (χ4v) is 10.9. The van der Waals surface area contributed by atoms with Gasteiger partial charge in [0.15, 0.2) is 26.4 Å². The Morgan fingerprint density at radius 2 is 0.702 bits per heavy atom. The van der Waals surface area contributed by atoms with Gasteiger partial charge in [0.25, 0.3) is 28.0 Å². The molecule has 34 heteroatoms. The number of nitrogens with two attached hydrogens (primary N) is 1. The Labute approximate surface area is 647 Å². The van der Waals surface area contributed by atoms with E-state index in [1.165, 1.54) is 151 Å². The molecule has 0 aliphatic heterocycles. The average Bonchev–Trinajstić information content (AvgIpc) is 0.827. The Bertz CT molecular complexity index is 4060. The van der Waals surface area contributed by atoms with Crippen molar-refractivity contribution in [1.82, 2.24) is 0 Å². The molecule has 104 heavy (non-hydrogen) atoms. The molecule has 8 rings (SSSR count). The number of aliphatic hydroxyl groups excluding tert-OH is 1. The van der Waals surface area contributed by atoms with Gasteiger partial charge < -0.3 is 29.8 Å². The number of nitro benzene ring substituents is 4. The van der Waals surface area contributed by atoms with Gasteiger partial charge in [-0.15, -0.1) is 25.7 Å². The summed E-state index contributed by atoms with van der Waals surface area (Å²) in [5.41, 5.74) is 9.40. The first-order chi connectivity index (χ1) is 49.6. The molecule has 0 aromatic heterocycles. The first-order valence-corrected chi connectivity index (χ1v) is 44.1. The molecule has 0 saturated heterocycles. The summed E-state index contributed by atoms with van der Waals surface area (Å²) in [5, 5.41) is 50.2. The van der Waals surface area contributed by atoms with Crippen LogP contribution in [0.3, 0.4) is 0 Å². The van der Waals surface area contributed by atoms with Crippen LogP contribution in [-0.2, 0) is 56.7 Å². The minimum atomic E-state index is -2.95. The number of halogens is 3. The zero-order valence-corrected chi connectivity index (χ0v) is 65.2. The second-order valence-electron chi connectivity index (χ2n) is 22.2. The van der Waals surface area contributed by atoms with E-state index in [-0.39, 0.29) is 88.1 Å². The summed E-state index contributed by atoms with van der Waals surface area (Å²) >= 11 is 19.1. The van der Waals surface area contributed by atoms with Crippen molar-refractivity contribution in [3.63, 3.8) is 0 Å². The van der Waals surface area contributed by atoms with E-state index < -0.39 is 67.3 Å². The number of anilines is 1. The second kappa shape index (κ2) is 53.5. The quantitative estimate of drug-likeness (QED) is 0.0113. The third kappa shape index (κ3) is 36.5. The molecule has 0 bridgehead atoms. The maximum absolute atomic E-state index is 11.7. The molecule has 3 saturated carbocycles. The van der Waals surface area contributed by atoms with Crippen LogP contribution >= 0.6 is 34.8 Å². The zero-order valence-electron chi connectivity index (χ0n) is 57.3. The summed E-state index contributed by atoms with van der Waals surface area (Å²) in [4.78, 5) is 98.3. The first kappa shape index (κ1) is 93.8. The van der Waals surface area contributed by atoms with E-state index in [1.807, 2.05) is 6.07 Å². The van der Waals surface area contributed by atoms with Crippen LogP contribution in [0.25, 0.3) is 0 Å². The molecule has 27 nitrogen and oxygen atoms in total. The van der Waals surface area contributed by atoms with Crippen LogP contribution < -0.4 is 5.73 Å². The number of benzene rings is 5. The number of hydrogen-bond donors (Lipinski definition) is 2. The van der Waals surface area contributed by atoms with Crippen LogP contribution in [-0.4, -0.2) is 147 Å². The van der Waals surface area contributed by atoms with Gasteiger partial charge in [-0.25, -0.2) is 19.2 Å². The molecule has 5 aromatic rings. The predicted octanol–water partition coefficient (Wildman–Crippen LogP) is 12.8. The summed E-state index contributed by atoms with van der Waals surface area (Å²) in [6, 6.07) is 21.7. The van der Waals surface area contributed by atoms with Gasteiger partial charge >= 0.3 is 86.0 Å². The molecule has 0 atom stereocenters. The van der Waals surface area contributed by atoms with Crippen molar-refractivity contribution in [2.24, 2.45) is 17.8 Å². The van der Waals surface area contributed by atoms with Gasteiger partial charge in [-0.3, -0.25) is 45.3 Å². The molecule has 0 amide bonds. The van der Waals surface area contributed by atoms with Gasteiger partial charge in [0, 0.05) is 53.3 Å². The molecule has 546 valence electrons. The number of carbonyl (C=O) groups is 5. The van der Waals surface area contributed by atoms with Crippen LogP contribution in [0.5, 0.6) is 0 Å². The van der Waals surface area contributed by atoms with E-state index in [9.17, 15) is 64.4 Å². The van der Waals surface area contributed by atoms with Crippen LogP contribution in [0.4, 0.5) is 28.4 Å². The summed E-state index contributed by atoms with van der Waals surface area (Å²) in [5.74, 6) is 8.08. The molecule has 3 N–H and O–H groups in total. The Morgan fingerprint density at radius 1 is 0.462 bits per heavy atom. The van der Waals surface area contributed by atoms with Crippen LogP contribution in [0, 0.1) is 108 Å². The summed E-state index contributed by atoms with van der Waals surface area (Å²) < 4.78 is 55.5. The van der Waals surface area contributed by atoms with E-state index in [1.54, 1.807) is 43.3 Å². The number of nitro groups is 4. The van der Waals surface area contributed by atoms with E-state index in [4.69, 9.17) is 102 Å². The first-order valence-electron chi connectivity index (χ1n) is 32.3. The Kier molecular flexibility index (Phi) is 48.3. The molecule has 3 fully saturated rings. The molecule has 5 aromatic carbocycles. The Morgan fingerprint density at radius 3 is 0.962 bits per heavy atom. The molecular weight excluding hydrogens is 1480 g/mol. The third-order valence-corrected chi connectivity index (χ3v) is 16.9. The van der Waals surface area contributed by atoms with E-state index in [0.29, 0.717) is 47.1 Å². The summed E-state index contributed by atoms with van der Waals surface area (Å²) in [7, 11) is -5.90. The number of hydrogen-bond acceptors (Lipinski definition) is 23. The summed E-state index contributed by atoms with van der Waals surface area (Å²) in [6.07, 6.45) is 40.7. The number of carbonyl (C=O) groups excluding carboxylic acids is 5. The maximum atomic E-state index is 11.7. The fourth-order valence-electron chi connectivity index (χ4n) is 10.4. The van der Waals surface area contributed by atoms with Gasteiger partial charge in [0.1, 0.15) is 10.0 Å². The van der Waals surface area contributed by atoms with Gasteiger partial charge in [0.05, 0.1) is 41.9 Å². The monoisotopic (exact) mass is 1550 g/mol. The van der Waals surface area contributed by atoms with Gasteiger partial charge in [0.2, 0.25) is 0 Å². The molecule has 3 aliphatic rings. The van der Waals surface area contributed by atoms with E-state index in [2.05, 4.69) is 28.4 Å². The van der Waals surface area contributed by atoms with E-state index >= 15 is 0 Å². The Balaban J connectivity index is 0.000000632. The molecule has 0 spiro atoms. The average molecular weight is 1550 g/mol. The molecule has 0 radical (unpaired) electrons. The van der Waals surface area contributed by atoms with Crippen molar-refractivity contribution in [2.75, 3.05) is 38.8 Å². The molecule has 3 aliphatic carbocycles. The van der Waals surface area contributed by atoms with Crippen molar-refractivity contribution in [1.29, 1.82) is 0 Å². The summed E-state index contributed by atoms with van der Waals surface area (Å²) in [6.45, 7) is 1.45. The zero-order chi connectivity index (χ0) is 78.3. The third-order valence-electron chi connectivity index (χ3n) is 15.1. The van der Waals surface area contributed by atoms with E-state index in [0.717, 1.165) is 55.7 Å². The van der Waals surface area contributed by atoms with Crippen LogP contribution in [0.2, 0.25) is 10.0 Å². The number of nitrogens with zero attached hydrogens (tertiary/aromatic N) is 4. The molecule has 0 unspecified atom stereocenters. The van der Waals surface area contributed by atoms with Gasteiger partial charge in [-0.2, -0.15) is 16.8 Å². The number of ether oxygens (including phenoxy) is 4. The van der Waals surface area contributed by atoms with Crippen molar-refractivity contribution in [3.8, 4) is 49.4 Å². The minimum absolute atomic E-state index is 0.0113. The van der Waals surface area contributed by atoms with Crippen molar-refractivity contribution < 1.29 is 84.6 Å². The number of rotatable bonds is 19. The normalized spacial score (nSPS) is 12.7. The topological polar surface area (TPSA) is 409 Å². The van der Waals surface area contributed by atoms with Gasteiger partial charge in [-0.05, 0) is 110 Å². The SMILES string of the molecule is C#CCOC(=O)c1ccc(CC2CCCCC2)c(N)c1.C#CCOC(=O)c1ccc(CC2CCCCC2)c([N+](=O)[O-])c1.C#CCOC(=O)c1ccc(CC2CCCCC2)c([N+](=O)[O-])c1.C#CCOC(=O)c1ccc(Cl)c([N+](=O)[O-])c1.CCO.O=C(Cl)c1ccc(Cl)c([N+](=O)[O-])c1.O=S(=O)=S(=O)=O.[Na][Na]. The fraction of sp³-hybridized carbons (Fsp3) is 0.386.